The van der Waals surface area contributed by atoms with Gasteiger partial charge >= 0.3 is 0 Å². The van der Waals surface area contributed by atoms with Crippen LogP contribution >= 0.6 is 0 Å². The van der Waals surface area contributed by atoms with Gasteiger partial charge in [0.2, 0.25) is 0 Å². The van der Waals surface area contributed by atoms with E-state index in [1.54, 1.807) is 6.07 Å². The zero-order valence-corrected chi connectivity index (χ0v) is 10.7. The minimum atomic E-state index is -0.237. The van der Waals surface area contributed by atoms with E-state index in [0.29, 0.717) is 22.4 Å². The van der Waals surface area contributed by atoms with Gasteiger partial charge in [-0.25, -0.2) is 4.39 Å². The summed E-state index contributed by atoms with van der Waals surface area (Å²) >= 11 is 0. The third-order valence-electron chi connectivity index (χ3n) is 3.72. The lowest BCUT2D eigenvalue weighted by atomic mass is 9.95. The van der Waals surface area contributed by atoms with Crippen LogP contribution < -0.4 is 0 Å². The first kappa shape index (κ1) is 12.3. The molecule has 0 atom stereocenters. The molecule has 19 heavy (non-hydrogen) atoms. The van der Waals surface area contributed by atoms with Crippen LogP contribution in [0.3, 0.4) is 0 Å². The smallest absolute Gasteiger partial charge is 0.139 e. The maximum absolute atomic E-state index is 14.1. The van der Waals surface area contributed by atoms with Gasteiger partial charge < -0.3 is 4.74 Å². The van der Waals surface area contributed by atoms with E-state index in [1.807, 2.05) is 18.2 Å². The van der Waals surface area contributed by atoms with Gasteiger partial charge in [-0.2, -0.15) is 0 Å². The zero-order valence-electron chi connectivity index (χ0n) is 10.7. The van der Waals surface area contributed by atoms with Crippen molar-refractivity contribution in [3.8, 4) is 0 Å². The van der Waals surface area contributed by atoms with Crippen molar-refractivity contribution in [2.24, 2.45) is 0 Å². The molecule has 1 aliphatic heterocycles. The molecule has 2 aromatic rings. The van der Waals surface area contributed by atoms with Crippen LogP contribution in [-0.4, -0.2) is 18.2 Å². The van der Waals surface area contributed by atoms with Crippen molar-refractivity contribution in [1.82, 2.24) is 4.98 Å². The fraction of sp³-hybridized carbons (Fsp3) is 0.312. The lowest BCUT2D eigenvalue weighted by Crippen LogP contribution is -2.15. The Kier molecular flexibility index (Phi) is 3.30. The second-order valence-electron chi connectivity index (χ2n) is 4.86. The molecule has 2 heterocycles. The average Bonchev–Trinajstić information content (AvgIpc) is 2.48. The Hall–Kier alpha value is -1.74. The van der Waals surface area contributed by atoms with Crippen LogP contribution in [-0.2, 0) is 4.74 Å². The first-order chi connectivity index (χ1) is 9.29. The number of pyridine rings is 1. The number of benzene rings is 1. The molecule has 0 radical (unpaired) electrons. The molecule has 1 aromatic carbocycles. The highest BCUT2D eigenvalue weighted by molar-refractivity contribution is 5.82. The molecule has 0 bridgehead atoms. The number of hydrogen-bond donors (Lipinski definition) is 0. The molecule has 0 N–H and O–H groups in total. The van der Waals surface area contributed by atoms with Crippen molar-refractivity contribution >= 4 is 17.0 Å². The molecular formula is C16H16FNO. The molecule has 1 aliphatic rings. The summed E-state index contributed by atoms with van der Waals surface area (Å²) in [4.78, 5) is 4.61. The second-order valence-corrected chi connectivity index (χ2v) is 4.86. The largest absolute Gasteiger partial charge is 0.381 e. The van der Waals surface area contributed by atoms with Crippen molar-refractivity contribution in [3.05, 3.63) is 47.9 Å². The van der Waals surface area contributed by atoms with E-state index < -0.39 is 0 Å². The van der Waals surface area contributed by atoms with Gasteiger partial charge in [-0.05, 0) is 37.1 Å². The van der Waals surface area contributed by atoms with Crippen molar-refractivity contribution in [2.45, 2.75) is 18.8 Å². The molecule has 3 rings (SSSR count). The first-order valence-corrected chi connectivity index (χ1v) is 6.59. The summed E-state index contributed by atoms with van der Waals surface area (Å²) in [6.45, 7) is 5.19. The van der Waals surface area contributed by atoms with Crippen LogP contribution in [0.5, 0.6) is 0 Å². The van der Waals surface area contributed by atoms with Gasteiger partial charge in [-0.1, -0.05) is 12.7 Å². The molecule has 0 saturated carbocycles. The van der Waals surface area contributed by atoms with Gasteiger partial charge in [0.15, 0.2) is 0 Å². The normalized spacial score (nSPS) is 16.7. The van der Waals surface area contributed by atoms with Crippen LogP contribution in [0.2, 0.25) is 0 Å². The summed E-state index contributed by atoms with van der Waals surface area (Å²) in [5.41, 5.74) is 2.28. The summed E-state index contributed by atoms with van der Waals surface area (Å²) in [5, 5.41) is 0.563. The minimum absolute atomic E-state index is 0.237. The Labute approximate surface area is 111 Å². The quantitative estimate of drug-likeness (QED) is 0.813. The summed E-state index contributed by atoms with van der Waals surface area (Å²) in [5.74, 6) is 0.193. The summed E-state index contributed by atoms with van der Waals surface area (Å²) < 4.78 is 19.5. The number of nitrogens with zero attached hydrogens (tertiary/aromatic N) is 1. The van der Waals surface area contributed by atoms with E-state index in [9.17, 15) is 4.39 Å². The molecule has 0 spiro atoms. The second kappa shape index (κ2) is 5.10. The summed E-state index contributed by atoms with van der Waals surface area (Å²) in [6.07, 6.45) is 3.51. The first-order valence-electron chi connectivity index (χ1n) is 6.59. The Morgan fingerprint density at radius 2 is 2.00 bits per heavy atom. The maximum atomic E-state index is 14.1. The molecule has 1 fully saturated rings. The van der Waals surface area contributed by atoms with E-state index in [0.717, 1.165) is 31.7 Å². The van der Waals surface area contributed by atoms with Gasteiger partial charge in [-0.3, -0.25) is 4.98 Å². The number of hydrogen-bond acceptors (Lipinski definition) is 2. The molecule has 2 nitrogen and oxygen atoms in total. The van der Waals surface area contributed by atoms with E-state index >= 15 is 0 Å². The average molecular weight is 257 g/mol. The third kappa shape index (κ3) is 2.26. The van der Waals surface area contributed by atoms with Gasteiger partial charge in [0.1, 0.15) is 5.82 Å². The molecule has 1 saturated heterocycles. The predicted octanol–water partition coefficient (Wildman–Crippen LogP) is 3.91. The third-order valence-corrected chi connectivity index (χ3v) is 3.72. The number of ether oxygens (including phenoxy) is 1. The Bertz CT molecular complexity index is 617. The van der Waals surface area contributed by atoms with Crippen molar-refractivity contribution < 1.29 is 9.13 Å². The zero-order chi connectivity index (χ0) is 13.2. The van der Waals surface area contributed by atoms with E-state index in [2.05, 4.69) is 11.6 Å². The Morgan fingerprint density at radius 1 is 1.21 bits per heavy atom. The van der Waals surface area contributed by atoms with Crippen LogP contribution in [0.1, 0.15) is 30.0 Å². The molecule has 0 unspecified atom stereocenters. The maximum Gasteiger partial charge on any atom is 0.139 e. The molecular weight excluding hydrogens is 241 g/mol. The van der Waals surface area contributed by atoms with Crippen LogP contribution in [0.25, 0.3) is 17.0 Å². The predicted molar refractivity (Wildman–Crippen MR) is 74.6 cm³/mol. The summed E-state index contributed by atoms with van der Waals surface area (Å²) in [6, 6.07) is 7.35. The Morgan fingerprint density at radius 3 is 2.74 bits per heavy atom. The standard InChI is InChI=1S/C16H16FNO/c1-2-11-3-5-15-13(16(11)17)4-6-14(18-15)12-7-9-19-10-8-12/h2-6,12H,1,7-10H2. The van der Waals surface area contributed by atoms with Gasteiger partial charge in [-0.15, -0.1) is 0 Å². The highest BCUT2D eigenvalue weighted by Gasteiger charge is 2.18. The number of halogens is 1. The van der Waals surface area contributed by atoms with Crippen LogP contribution in [0.4, 0.5) is 4.39 Å². The highest BCUT2D eigenvalue weighted by atomic mass is 19.1. The lowest BCUT2D eigenvalue weighted by Gasteiger charge is -2.21. The fourth-order valence-corrected chi connectivity index (χ4v) is 2.58. The van der Waals surface area contributed by atoms with Gasteiger partial charge in [0.25, 0.3) is 0 Å². The van der Waals surface area contributed by atoms with Crippen molar-refractivity contribution in [3.63, 3.8) is 0 Å². The Balaban J connectivity index is 2.04. The topological polar surface area (TPSA) is 22.1 Å². The van der Waals surface area contributed by atoms with E-state index in [1.165, 1.54) is 6.08 Å². The van der Waals surface area contributed by atoms with Crippen LogP contribution in [0, 0.1) is 5.82 Å². The van der Waals surface area contributed by atoms with Crippen molar-refractivity contribution in [1.29, 1.82) is 0 Å². The number of fused-ring (bicyclic) bond motifs is 1. The van der Waals surface area contributed by atoms with Gasteiger partial charge in [0.05, 0.1) is 5.52 Å². The molecule has 1 aromatic heterocycles. The molecule has 0 amide bonds. The monoisotopic (exact) mass is 257 g/mol. The van der Waals surface area contributed by atoms with E-state index in [4.69, 9.17) is 4.74 Å². The molecule has 0 aliphatic carbocycles. The molecule has 98 valence electrons. The SMILES string of the molecule is C=Cc1ccc2nc(C3CCOCC3)ccc2c1F. The number of aromatic nitrogens is 1. The summed E-state index contributed by atoms with van der Waals surface area (Å²) in [7, 11) is 0. The molecule has 3 heteroatoms. The van der Waals surface area contributed by atoms with Crippen molar-refractivity contribution in [2.75, 3.05) is 13.2 Å². The highest BCUT2D eigenvalue weighted by Crippen LogP contribution is 2.28. The van der Waals surface area contributed by atoms with E-state index in [-0.39, 0.29) is 5.82 Å². The minimum Gasteiger partial charge on any atom is -0.381 e. The number of rotatable bonds is 2. The van der Waals surface area contributed by atoms with Crippen LogP contribution in [0.15, 0.2) is 30.8 Å². The fourth-order valence-electron chi connectivity index (χ4n) is 2.58. The van der Waals surface area contributed by atoms with Gasteiger partial charge in [0, 0.05) is 35.8 Å². The lowest BCUT2D eigenvalue weighted by molar-refractivity contribution is 0.0846.